The van der Waals surface area contributed by atoms with Crippen LogP contribution in [0.2, 0.25) is 0 Å². The van der Waals surface area contributed by atoms with Gasteiger partial charge in [0.1, 0.15) is 0 Å². The smallest absolute Gasteiger partial charge is 0.0698 e. The molecule has 11 heavy (non-hydrogen) atoms. The molecule has 1 aliphatic heterocycles. The van der Waals surface area contributed by atoms with Crippen LogP contribution in [0.4, 0.5) is 0 Å². The number of hydrogen-bond acceptors (Lipinski definition) is 2. The second-order valence-electron chi connectivity index (χ2n) is 3.87. The van der Waals surface area contributed by atoms with Gasteiger partial charge in [0, 0.05) is 12.5 Å². The van der Waals surface area contributed by atoms with Crippen molar-refractivity contribution in [3.05, 3.63) is 0 Å². The lowest BCUT2D eigenvalue weighted by Crippen LogP contribution is -2.34. The zero-order valence-corrected chi connectivity index (χ0v) is 6.88. The van der Waals surface area contributed by atoms with E-state index in [4.69, 9.17) is 4.74 Å². The highest BCUT2D eigenvalue weighted by molar-refractivity contribution is 4.92. The molecule has 1 heterocycles. The molecule has 1 unspecified atom stereocenters. The lowest BCUT2D eigenvalue weighted by atomic mass is 9.85. The van der Waals surface area contributed by atoms with Gasteiger partial charge in [0.25, 0.3) is 0 Å². The molecule has 0 aromatic heterocycles. The van der Waals surface area contributed by atoms with Gasteiger partial charge in [-0.05, 0) is 19.3 Å². The highest BCUT2D eigenvalue weighted by Crippen LogP contribution is 2.39. The van der Waals surface area contributed by atoms with E-state index in [1.54, 1.807) is 0 Å². The first-order valence-electron chi connectivity index (χ1n) is 4.61. The zero-order valence-electron chi connectivity index (χ0n) is 6.88. The Bertz CT molecular complexity index is 132. The molecule has 2 aliphatic rings. The molecule has 2 heteroatoms. The molecule has 2 rings (SSSR count). The van der Waals surface area contributed by atoms with Crippen LogP contribution >= 0.6 is 0 Å². The van der Waals surface area contributed by atoms with Crippen LogP contribution in [0, 0.1) is 5.92 Å². The first-order valence-corrected chi connectivity index (χ1v) is 4.61. The van der Waals surface area contributed by atoms with Crippen LogP contribution in [-0.4, -0.2) is 23.9 Å². The number of ether oxygens (including phenoxy) is 1. The third kappa shape index (κ3) is 1.30. The minimum atomic E-state index is -0.351. The summed E-state index contributed by atoms with van der Waals surface area (Å²) in [7, 11) is 0. The lowest BCUT2D eigenvalue weighted by Gasteiger charge is -2.27. The Balaban J connectivity index is 2.00. The molecule has 2 nitrogen and oxygen atoms in total. The van der Waals surface area contributed by atoms with Crippen molar-refractivity contribution in [2.24, 2.45) is 5.92 Å². The number of aliphatic hydroxyl groups is 1. The van der Waals surface area contributed by atoms with Crippen LogP contribution in [0.3, 0.4) is 0 Å². The Morgan fingerprint density at radius 1 is 1.27 bits per heavy atom. The van der Waals surface area contributed by atoms with E-state index in [2.05, 4.69) is 0 Å². The van der Waals surface area contributed by atoms with Crippen molar-refractivity contribution in [3.63, 3.8) is 0 Å². The minimum Gasteiger partial charge on any atom is -0.390 e. The Kier molecular flexibility index (Phi) is 1.90. The summed E-state index contributed by atoms with van der Waals surface area (Å²) in [5.41, 5.74) is -0.351. The van der Waals surface area contributed by atoms with E-state index in [0.29, 0.717) is 5.92 Å². The third-order valence-corrected chi connectivity index (χ3v) is 3.16. The third-order valence-electron chi connectivity index (χ3n) is 3.16. The molecule has 0 aromatic rings. The largest absolute Gasteiger partial charge is 0.390 e. The maximum atomic E-state index is 10.1. The van der Waals surface area contributed by atoms with Crippen LogP contribution in [-0.2, 0) is 4.74 Å². The summed E-state index contributed by atoms with van der Waals surface area (Å²) in [6, 6.07) is 0. The molecule has 1 saturated heterocycles. The average molecular weight is 156 g/mol. The first kappa shape index (κ1) is 7.56. The quantitative estimate of drug-likeness (QED) is 0.620. The molecule has 0 aromatic carbocycles. The SMILES string of the molecule is OC1(C2CCOC2)CCCC1. The van der Waals surface area contributed by atoms with Gasteiger partial charge in [0.05, 0.1) is 12.2 Å². The number of rotatable bonds is 1. The standard InChI is InChI=1S/C9H16O2/c10-9(4-1-2-5-9)8-3-6-11-7-8/h8,10H,1-7H2. The molecule has 1 atom stereocenters. The zero-order chi connectivity index (χ0) is 7.73. The Morgan fingerprint density at radius 2 is 2.00 bits per heavy atom. The van der Waals surface area contributed by atoms with E-state index in [0.717, 1.165) is 32.5 Å². The fourth-order valence-electron chi connectivity index (χ4n) is 2.35. The van der Waals surface area contributed by atoms with E-state index in [-0.39, 0.29) is 5.60 Å². The molecule has 64 valence electrons. The highest BCUT2D eigenvalue weighted by atomic mass is 16.5. The Morgan fingerprint density at radius 3 is 2.55 bits per heavy atom. The van der Waals surface area contributed by atoms with Crippen LogP contribution < -0.4 is 0 Å². The van der Waals surface area contributed by atoms with Gasteiger partial charge in [-0.3, -0.25) is 0 Å². The van der Waals surface area contributed by atoms with Crippen molar-refractivity contribution in [3.8, 4) is 0 Å². The summed E-state index contributed by atoms with van der Waals surface area (Å²) in [6.45, 7) is 1.64. The molecule has 0 amide bonds. The van der Waals surface area contributed by atoms with Crippen LogP contribution in [0.1, 0.15) is 32.1 Å². The van der Waals surface area contributed by atoms with Gasteiger partial charge >= 0.3 is 0 Å². The first-order chi connectivity index (χ1) is 5.31. The van der Waals surface area contributed by atoms with Gasteiger partial charge in [0.2, 0.25) is 0 Å². The van der Waals surface area contributed by atoms with Gasteiger partial charge in [-0.1, -0.05) is 12.8 Å². The molecular formula is C9H16O2. The van der Waals surface area contributed by atoms with Crippen molar-refractivity contribution in [1.82, 2.24) is 0 Å². The summed E-state index contributed by atoms with van der Waals surface area (Å²) in [4.78, 5) is 0. The van der Waals surface area contributed by atoms with Crippen LogP contribution in [0.5, 0.6) is 0 Å². The summed E-state index contributed by atoms with van der Waals surface area (Å²) in [5.74, 6) is 0.435. The molecule has 1 aliphatic carbocycles. The molecule has 1 N–H and O–H groups in total. The summed E-state index contributed by atoms with van der Waals surface area (Å²) < 4.78 is 5.27. The van der Waals surface area contributed by atoms with E-state index in [1.165, 1.54) is 12.8 Å². The lowest BCUT2D eigenvalue weighted by molar-refractivity contribution is -0.0154. The van der Waals surface area contributed by atoms with Gasteiger partial charge in [0.15, 0.2) is 0 Å². The Labute approximate surface area is 67.6 Å². The molecule has 0 radical (unpaired) electrons. The normalized spacial score (nSPS) is 36.3. The van der Waals surface area contributed by atoms with Crippen LogP contribution in [0.25, 0.3) is 0 Å². The van der Waals surface area contributed by atoms with Crippen molar-refractivity contribution < 1.29 is 9.84 Å². The highest BCUT2D eigenvalue weighted by Gasteiger charge is 2.40. The summed E-state index contributed by atoms with van der Waals surface area (Å²) in [5, 5.41) is 10.1. The van der Waals surface area contributed by atoms with Gasteiger partial charge in [-0.15, -0.1) is 0 Å². The maximum absolute atomic E-state index is 10.1. The van der Waals surface area contributed by atoms with Crippen molar-refractivity contribution in [2.45, 2.75) is 37.7 Å². The maximum Gasteiger partial charge on any atom is 0.0698 e. The molecule has 2 fully saturated rings. The predicted octanol–water partition coefficient (Wildman–Crippen LogP) is 1.33. The van der Waals surface area contributed by atoms with Gasteiger partial charge in [-0.2, -0.15) is 0 Å². The van der Waals surface area contributed by atoms with Crippen molar-refractivity contribution >= 4 is 0 Å². The van der Waals surface area contributed by atoms with E-state index >= 15 is 0 Å². The predicted molar refractivity (Wildman–Crippen MR) is 42.3 cm³/mol. The minimum absolute atomic E-state index is 0.351. The van der Waals surface area contributed by atoms with E-state index in [9.17, 15) is 5.11 Å². The monoisotopic (exact) mass is 156 g/mol. The fourth-order valence-corrected chi connectivity index (χ4v) is 2.35. The van der Waals surface area contributed by atoms with E-state index in [1.807, 2.05) is 0 Å². The van der Waals surface area contributed by atoms with Gasteiger partial charge < -0.3 is 9.84 Å². The molecule has 0 bridgehead atoms. The second kappa shape index (κ2) is 2.76. The summed E-state index contributed by atoms with van der Waals surface area (Å²) in [6.07, 6.45) is 5.47. The summed E-state index contributed by atoms with van der Waals surface area (Å²) >= 11 is 0. The van der Waals surface area contributed by atoms with E-state index < -0.39 is 0 Å². The Hall–Kier alpha value is -0.0800. The average Bonchev–Trinajstić information content (AvgIpc) is 2.55. The fraction of sp³-hybridized carbons (Fsp3) is 1.00. The topological polar surface area (TPSA) is 29.5 Å². The van der Waals surface area contributed by atoms with Gasteiger partial charge in [-0.25, -0.2) is 0 Å². The van der Waals surface area contributed by atoms with Crippen molar-refractivity contribution in [1.29, 1.82) is 0 Å². The number of hydrogen-bond donors (Lipinski definition) is 1. The van der Waals surface area contributed by atoms with Crippen LogP contribution in [0.15, 0.2) is 0 Å². The molecular weight excluding hydrogens is 140 g/mol. The second-order valence-corrected chi connectivity index (χ2v) is 3.87. The molecule has 1 saturated carbocycles. The molecule has 0 spiro atoms. The van der Waals surface area contributed by atoms with Crippen molar-refractivity contribution in [2.75, 3.05) is 13.2 Å².